The number of nitrogens with zero attached hydrogens (tertiary/aromatic N) is 1. The van der Waals surface area contributed by atoms with Gasteiger partial charge in [-0.05, 0) is 54.4 Å². The minimum atomic E-state index is -0.195. The molecule has 1 unspecified atom stereocenters. The summed E-state index contributed by atoms with van der Waals surface area (Å²) in [6.45, 7) is 7.80. The molecule has 1 aliphatic rings. The fourth-order valence-electron chi connectivity index (χ4n) is 3.43. The number of hydrogen-bond acceptors (Lipinski definition) is 3. The van der Waals surface area contributed by atoms with E-state index in [-0.39, 0.29) is 17.5 Å². The van der Waals surface area contributed by atoms with Gasteiger partial charge in [0.25, 0.3) is 0 Å². The summed E-state index contributed by atoms with van der Waals surface area (Å²) in [5, 5.41) is 5.92. The number of ether oxygens (including phenoxy) is 1. The van der Waals surface area contributed by atoms with Gasteiger partial charge in [-0.1, -0.05) is 45.0 Å². The summed E-state index contributed by atoms with van der Waals surface area (Å²) in [6, 6.07) is 14.2. The Morgan fingerprint density at radius 1 is 1.14 bits per heavy atom. The van der Waals surface area contributed by atoms with Crippen LogP contribution in [0.25, 0.3) is 0 Å². The van der Waals surface area contributed by atoms with Gasteiger partial charge in [0.05, 0.1) is 12.6 Å². The third kappa shape index (κ3) is 4.84. The maximum atomic E-state index is 12.4. The molecule has 5 heteroatoms. The highest BCUT2D eigenvalue weighted by Crippen LogP contribution is 2.29. The minimum Gasteiger partial charge on any atom is -0.493 e. The molecule has 1 aliphatic heterocycles. The smallest absolute Gasteiger partial charge is 0.319 e. The number of likely N-dealkylation sites (N-methyl/N-ethyl adjacent to an activating group) is 1. The molecule has 5 nitrogen and oxygen atoms in total. The monoisotopic (exact) mass is 381 g/mol. The van der Waals surface area contributed by atoms with Crippen molar-refractivity contribution in [2.45, 2.75) is 38.6 Å². The van der Waals surface area contributed by atoms with Crippen molar-refractivity contribution in [1.82, 2.24) is 10.2 Å². The van der Waals surface area contributed by atoms with Gasteiger partial charge in [0.2, 0.25) is 0 Å². The number of amides is 2. The molecule has 0 spiro atoms. The standard InChI is InChI=1S/C23H31N3O2/c1-23(2,3)18-7-9-19(10-8-18)25-22(27)24-15-20(26(4)5)16-6-11-21-17(14-16)12-13-28-21/h6-11,14,20H,12-13,15H2,1-5H3,(H2,24,25,27). The summed E-state index contributed by atoms with van der Waals surface area (Å²) in [7, 11) is 4.05. The van der Waals surface area contributed by atoms with Gasteiger partial charge in [-0.2, -0.15) is 0 Å². The van der Waals surface area contributed by atoms with Crippen molar-refractivity contribution < 1.29 is 9.53 Å². The van der Waals surface area contributed by atoms with Crippen molar-refractivity contribution in [1.29, 1.82) is 0 Å². The maximum absolute atomic E-state index is 12.4. The average molecular weight is 382 g/mol. The first kappa shape index (κ1) is 20.2. The molecule has 2 N–H and O–H groups in total. The third-order valence-electron chi connectivity index (χ3n) is 5.19. The zero-order chi connectivity index (χ0) is 20.3. The van der Waals surface area contributed by atoms with E-state index in [1.165, 1.54) is 16.7 Å². The lowest BCUT2D eigenvalue weighted by atomic mass is 9.87. The Labute approximate surface area is 168 Å². The van der Waals surface area contributed by atoms with Gasteiger partial charge in [-0.15, -0.1) is 0 Å². The van der Waals surface area contributed by atoms with Gasteiger partial charge in [0, 0.05) is 18.7 Å². The number of nitrogens with one attached hydrogen (secondary N) is 2. The molecule has 2 amide bonds. The molecule has 150 valence electrons. The zero-order valence-electron chi connectivity index (χ0n) is 17.5. The van der Waals surface area contributed by atoms with Crippen molar-refractivity contribution in [2.75, 3.05) is 32.6 Å². The van der Waals surface area contributed by atoms with Crippen LogP contribution < -0.4 is 15.4 Å². The molecular weight excluding hydrogens is 350 g/mol. The predicted molar refractivity (Wildman–Crippen MR) is 114 cm³/mol. The molecule has 3 rings (SSSR count). The molecule has 0 bridgehead atoms. The molecule has 0 aliphatic carbocycles. The number of carbonyl (C=O) groups is 1. The van der Waals surface area contributed by atoms with Gasteiger partial charge in [-0.3, -0.25) is 0 Å². The normalized spacial score (nSPS) is 14.4. The fourth-order valence-corrected chi connectivity index (χ4v) is 3.43. The number of urea groups is 1. The van der Waals surface area contributed by atoms with Crippen LogP contribution in [-0.2, 0) is 11.8 Å². The van der Waals surface area contributed by atoms with Crippen molar-refractivity contribution in [3.05, 3.63) is 59.2 Å². The van der Waals surface area contributed by atoms with Crippen LogP contribution in [0.15, 0.2) is 42.5 Å². The summed E-state index contributed by atoms with van der Waals surface area (Å²) in [4.78, 5) is 14.5. The molecule has 0 saturated heterocycles. The first-order valence-electron chi connectivity index (χ1n) is 9.81. The molecule has 1 atom stereocenters. The van der Waals surface area contributed by atoms with E-state index in [0.29, 0.717) is 6.54 Å². The second kappa shape index (κ2) is 8.23. The van der Waals surface area contributed by atoms with Crippen LogP contribution in [0.2, 0.25) is 0 Å². The molecule has 2 aromatic rings. The Bertz CT molecular complexity index is 823. The maximum Gasteiger partial charge on any atom is 0.319 e. The Morgan fingerprint density at radius 3 is 2.50 bits per heavy atom. The SMILES string of the molecule is CN(C)C(CNC(=O)Nc1ccc(C(C)(C)C)cc1)c1ccc2c(c1)CCO2. The molecule has 0 radical (unpaired) electrons. The van der Waals surface area contributed by atoms with Gasteiger partial charge in [0.15, 0.2) is 0 Å². The number of carbonyl (C=O) groups excluding carboxylic acids is 1. The summed E-state index contributed by atoms with van der Waals surface area (Å²) >= 11 is 0. The van der Waals surface area contributed by atoms with E-state index in [1.807, 2.05) is 32.3 Å². The highest BCUT2D eigenvalue weighted by Gasteiger charge is 2.19. The molecule has 0 saturated carbocycles. The molecule has 1 heterocycles. The summed E-state index contributed by atoms with van der Waals surface area (Å²) in [5.41, 5.74) is 4.56. The van der Waals surface area contributed by atoms with Gasteiger partial charge >= 0.3 is 6.03 Å². The van der Waals surface area contributed by atoms with E-state index in [9.17, 15) is 4.79 Å². The van der Waals surface area contributed by atoms with E-state index in [1.54, 1.807) is 0 Å². The van der Waals surface area contributed by atoms with E-state index >= 15 is 0 Å². The predicted octanol–water partition coefficient (Wildman–Crippen LogP) is 4.34. The number of fused-ring (bicyclic) bond motifs is 1. The van der Waals surface area contributed by atoms with Crippen LogP contribution in [-0.4, -0.2) is 38.2 Å². The Hall–Kier alpha value is -2.53. The molecule has 0 aromatic heterocycles. The van der Waals surface area contributed by atoms with Crippen LogP contribution >= 0.6 is 0 Å². The van der Waals surface area contributed by atoms with Crippen LogP contribution in [0.5, 0.6) is 5.75 Å². The van der Waals surface area contributed by atoms with Crippen LogP contribution in [0.4, 0.5) is 10.5 Å². The van der Waals surface area contributed by atoms with Gasteiger partial charge in [0.1, 0.15) is 5.75 Å². The molecule has 28 heavy (non-hydrogen) atoms. The topological polar surface area (TPSA) is 53.6 Å². The first-order chi connectivity index (χ1) is 13.2. The summed E-state index contributed by atoms with van der Waals surface area (Å²) in [5.74, 6) is 0.977. The van der Waals surface area contributed by atoms with Crippen LogP contribution in [0.3, 0.4) is 0 Å². The summed E-state index contributed by atoms with van der Waals surface area (Å²) in [6.07, 6.45) is 0.946. The molecule has 2 aromatic carbocycles. The summed E-state index contributed by atoms with van der Waals surface area (Å²) < 4.78 is 5.59. The second-order valence-corrected chi connectivity index (χ2v) is 8.61. The van der Waals surface area contributed by atoms with Crippen molar-refractivity contribution in [2.24, 2.45) is 0 Å². The third-order valence-corrected chi connectivity index (χ3v) is 5.19. The Kier molecular flexibility index (Phi) is 5.94. The van der Waals surface area contributed by atoms with Gasteiger partial charge < -0.3 is 20.3 Å². The van der Waals surface area contributed by atoms with E-state index in [4.69, 9.17) is 4.74 Å². The highest BCUT2D eigenvalue weighted by molar-refractivity contribution is 5.89. The van der Waals surface area contributed by atoms with Crippen molar-refractivity contribution >= 4 is 11.7 Å². The van der Waals surface area contributed by atoms with Gasteiger partial charge in [-0.25, -0.2) is 4.79 Å². The number of rotatable bonds is 5. The fraction of sp³-hybridized carbons (Fsp3) is 0.435. The van der Waals surface area contributed by atoms with Crippen molar-refractivity contribution in [3.63, 3.8) is 0 Å². The zero-order valence-corrected chi connectivity index (χ0v) is 17.5. The van der Waals surface area contributed by atoms with E-state index in [0.717, 1.165) is 24.5 Å². The highest BCUT2D eigenvalue weighted by atomic mass is 16.5. The van der Waals surface area contributed by atoms with Crippen LogP contribution in [0.1, 0.15) is 43.5 Å². The number of hydrogen-bond donors (Lipinski definition) is 2. The van der Waals surface area contributed by atoms with Crippen molar-refractivity contribution in [3.8, 4) is 5.75 Å². The lowest BCUT2D eigenvalue weighted by Crippen LogP contribution is -2.36. The Balaban J connectivity index is 1.60. The average Bonchev–Trinajstić information content (AvgIpc) is 3.09. The second-order valence-electron chi connectivity index (χ2n) is 8.61. The lowest BCUT2D eigenvalue weighted by Gasteiger charge is -2.25. The lowest BCUT2D eigenvalue weighted by molar-refractivity contribution is 0.243. The minimum absolute atomic E-state index is 0.0971. The molecular formula is C23H31N3O2. The van der Waals surface area contributed by atoms with Crippen LogP contribution in [0, 0.1) is 0 Å². The van der Waals surface area contributed by atoms with E-state index in [2.05, 4.69) is 60.6 Å². The number of anilines is 1. The first-order valence-corrected chi connectivity index (χ1v) is 9.81. The molecule has 0 fully saturated rings. The Morgan fingerprint density at radius 2 is 1.86 bits per heavy atom. The number of benzene rings is 2. The quantitative estimate of drug-likeness (QED) is 0.810. The largest absolute Gasteiger partial charge is 0.493 e. The van der Waals surface area contributed by atoms with E-state index < -0.39 is 0 Å².